The third-order valence-electron chi connectivity index (χ3n) is 3.65. The van der Waals surface area contributed by atoms with Crippen LogP contribution in [0.4, 0.5) is 4.79 Å². The minimum absolute atomic E-state index is 0.0439. The molecule has 1 heterocycles. The molecule has 1 aliphatic heterocycles. The number of hydrogen-bond acceptors (Lipinski definition) is 3. The average Bonchev–Trinajstić information content (AvgIpc) is 3.07. The Morgan fingerprint density at radius 3 is 2.89 bits per heavy atom. The number of carboxylic acid groups (broad SMARTS) is 1. The van der Waals surface area contributed by atoms with Crippen LogP contribution in [0.15, 0.2) is 0 Å². The van der Waals surface area contributed by atoms with E-state index in [2.05, 4.69) is 12.2 Å². The lowest BCUT2D eigenvalue weighted by atomic mass is 10.2. The maximum Gasteiger partial charge on any atom is 0.317 e. The van der Waals surface area contributed by atoms with Crippen LogP contribution < -0.4 is 5.32 Å². The molecule has 0 bridgehead atoms. The Morgan fingerprint density at radius 1 is 1.50 bits per heavy atom. The standard InChI is InChI=1S/C12H20N2O3S/c1-2-8-5-10(8)13-12(17)14-3-4-18-7-9(14)6-11(15)16/h8-10H,2-7H2,1H3,(H,13,17)(H,15,16). The molecule has 2 fully saturated rings. The molecule has 102 valence electrons. The van der Waals surface area contributed by atoms with Gasteiger partial charge < -0.3 is 15.3 Å². The van der Waals surface area contributed by atoms with Gasteiger partial charge in [-0.2, -0.15) is 11.8 Å². The molecule has 0 aromatic heterocycles. The highest BCUT2D eigenvalue weighted by Gasteiger charge is 2.38. The van der Waals surface area contributed by atoms with Crippen LogP contribution in [0.3, 0.4) is 0 Å². The van der Waals surface area contributed by atoms with Gasteiger partial charge in [-0.15, -0.1) is 0 Å². The zero-order valence-corrected chi connectivity index (χ0v) is 11.4. The van der Waals surface area contributed by atoms with Crippen LogP contribution in [0.5, 0.6) is 0 Å². The minimum atomic E-state index is -0.835. The first-order chi connectivity index (χ1) is 8.61. The second kappa shape index (κ2) is 5.82. The Hall–Kier alpha value is -0.910. The molecule has 2 aliphatic rings. The maximum atomic E-state index is 12.1. The fraction of sp³-hybridized carbons (Fsp3) is 0.833. The van der Waals surface area contributed by atoms with E-state index in [1.807, 2.05) is 0 Å². The summed E-state index contributed by atoms with van der Waals surface area (Å²) in [5.41, 5.74) is 0. The van der Waals surface area contributed by atoms with Crippen LogP contribution >= 0.6 is 11.8 Å². The second-order valence-electron chi connectivity index (χ2n) is 4.98. The Balaban J connectivity index is 1.87. The molecule has 6 heteroatoms. The van der Waals surface area contributed by atoms with E-state index in [1.54, 1.807) is 16.7 Å². The SMILES string of the molecule is CCC1CC1NC(=O)N1CCSCC1CC(=O)O. The van der Waals surface area contributed by atoms with Crippen molar-refractivity contribution in [1.29, 1.82) is 0 Å². The van der Waals surface area contributed by atoms with Gasteiger partial charge in [0.25, 0.3) is 0 Å². The number of rotatable bonds is 4. The number of urea groups is 1. The van der Waals surface area contributed by atoms with Crippen molar-refractivity contribution in [2.45, 2.75) is 38.3 Å². The number of hydrogen-bond donors (Lipinski definition) is 2. The first-order valence-corrected chi connectivity index (χ1v) is 7.64. The number of aliphatic carboxylic acids is 1. The zero-order chi connectivity index (χ0) is 13.1. The number of amides is 2. The molecule has 3 unspecified atom stereocenters. The van der Waals surface area contributed by atoms with Crippen molar-refractivity contribution >= 4 is 23.8 Å². The normalized spacial score (nSPS) is 30.9. The monoisotopic (exact) mass is 272 g/mol. The van der Waals surface area contributed by atoms with Gasteiger partial charge in [0.1, 0.15) is 0 Å². The van der Waals surface area contributed by atoms with Crippen molar-refractivity contribution in [2.75, 3.05) is 18.1 Å². The summed E-state index contributed by atoms with van der Waals surface area (Å²) >= 11 is 1.72. The lowest BCUT2D eigenvalue weighted by Crippen LogP contribution is -2.51. The maximum absolute atomic E-state index is 12.1. The Bertz CT molecular complexity index is 337. The summed E-state index contributed by atoms with van der Waals surface area (Å²) in [5.74, 6) is 1.40. The summed E-state index contributed by atoms with van der Waals surface area (Å²) in [7, 11) is 0. The third-order valence-corrected chi connectivity index (χ3v) is 4.75. The van der Waals surface area contributed by atoms with Crippen molar-refractivity contribution in [3.8, 4) is 0 Å². The molecule has 0 radical (unpaired) electrons. The molecule has 3 atom stereocenters. The highest BCUT2D eigenvalue weighted by atomic mass is 32.2. The molecule has 2 rings (SSSR count). The summed E-state index contributed by atoms with van der Waals surface area (Å²) in [6.07, 6.45) is 2.20. The van der Waals surface area contributed by atoms with Crippen LogP contribution in [-0.2, 0) is 4.79 Å². The molecule has 1 saturated heterocycles. The van der Waals surface area contributed by atoms with E-state index in [0.29, 0.717) is 18.5 Å². The topological polar surface area (TPSA) is 69.6 Å². The van der Waals surface area contributed by atoms with Crippen LogP contribution in [0.25, 0.3) is 0 Å². The number of carbonyl (C=O) groups excluding carboxylic acids is 1. The fourth-order valence-corrected chi connectivity index (χ4v) is 3.47. The van der Waals surface area contributed by atoms with E-state index in [-0.39, 0.29) is 18.5 Å². The molecule has 0 aromatic carbocycles. The molecule has 5 nitrogen and oxygen atoms in total. The Morgan fingerprint density at radius 2 is 2.28 bits per heavy atom. The highest BCUT2D eigenvalue weighted by Crippen LogP contribution is 2.33. The first-order valence-electron chi connectivity index (χ1n) is 6.48. The number of nitrogens with one attached hydrogen (secondary N) is 1. The smallest absolute Gasteiger partial charge is 0.317 e. The number of thioether (sulfide) groups is 1. The molecule has 18 heavy (non-hydrogen) atoms. The summed E-state index contributed by atoms with van der Waals surface area (Å²) in [5, 5.41) is 11.9. The predicted molar refractivity (Wildman–Crippen MR) is 70.8 cm³/mol. The molecule has 1 aliphatic carbocycles. The van der Waals surface area contributed by atoms with Gasteiger partial charge in [0.15, 0.2) is 0 Å². The van der Waals surface area contributed by atoms with E-state index in [9.17, 15) is 9.59 Å². The quantitative estimate of drug-likeness (QED) is 0.811. The summed E-state index contributed by atoms with van der Waals surface area (Å²) in [4.78, 5) is 24.6. The van der Waals surface area contributed by atoms with Crippen LogP contribution in [0, 0.1) is 5.92 Å². The minimum Gasteiger partial charge on any atom is -0.481 e. The summed E-state index contributed by atoms with van der Waals surface area (Å²) in [6, 6.07) is 0.0603. The molecule has 0 spiro atoms. The zero-order valence-electron chi connectivity index (χ0n) is 10.6. The molecular weight excluding hydrogens is 252 g/mol. The molecule has 2 N–H and O–H groups in total. The summed E-state index contributed by atoms with van der Waals surface area (Å²) in [6.45, 7) is 2.78. The highest BCUT2D eigenvalue weighted by molar-refractivity contribution is 7.99. The van der Waals surface area contributed by atoms with Crippen molar-refractivity contribution in [1.82, 2.24) is 10.2 Å². The van der Waals surface area contributed by atoms with Crippen molar-refractivity contribution in [3.05, 3.63) is 0 Å². The third kappa shape index (κ3) is 3.31. The van der Waals surface area contributed by atoms with E-state index >= 15 is 0 Å². The van der Waals surface area contributed by atoms with Crippen LogP contribution in [0.2, 0.25) is 0 Å². The van der Waals surface area contributed by atoms with E-state index in [1.165, 1.54) is 0 Å². The first kappa shape index (κ1) is 13.5. The van der Waals surface area contributed by atoms with Gasteiger partial charge in [-0.05, 0) is 12.3 Å². The molecule has 0 aromatic rings. The van der Waals surface area contributed by atoms with Crippen LogP contribution in [0.1, 0.15) is 26.2 Å². The Kier molecular flexibility index (Phi) is 4.37. The lowest BCUT2D eigenvalue weighted by Gasteiger charge is -2.34. The predicted octanol–water partition coefficient (Wildman–Crippen LogP) is 1.39. The largest absolute Gasteiger partial charge is 0.481 e. The number of carboxylic acids is 1. The number of nitrogens with zero attached hydrogens (tertiary/aromatic N) is 1. The van der Waals surface area contributed by atoms with Crippen molar-refractivity contribution in [3.63, 3.8) is 0 Å². The molecular formula is C12H20N2O3S. The van der Waals surface area contributed by atoms with Gasteiger partial charge in [0, 0.05) is 24.1 Å². The van der Waals surface area contributed by atoms with Crippen LogP contribution in [-0.4, -0.2) is 52.1 Å². The van der Waals surface area contributed by atoms with Gasteiger partial charge in [-0.3, -0.25) is 4.79 Å². The average molecular weight is 272 g/mol. The van der Waals surface area contributed by atoms with Gasteiger partial charge in [0.2, 0.25) is 0 Å². The summed E-state index contributed by atoms with van der Waals surface area (Å²) < 4.78 is 0. The van der Waals surface area contributed by atoms with Gasteiger partial charge in [-0.25, -0.2) is 4.79 Å². The Labute approximate surface area is 111 Å². The second-order valence-corrected chi connectivity index (χ2v) is 6.13. The molecule has 2 amide bonds. The lowest BCUT2D eigenvalue weighted by molar-refractivity contribution is -0.137. The van der Waals surface area contributed by atoms with E-state index in [4.69, 9.17) is 5.11 Å². The molecule has 1 saturated carbocycles. The van der Waals surface area contributed by atoms with Gasteiger partial charge in [0.05, 0.1) is 12.5 Å². The fourth-order valence-electron chi connectivity index (χ4n) is 2.41. The van der Waals surface area contributed by atoms with E-state index in [0.717, 1.165) is 24.3 Å². The number of carbonyl (C=O) groups is 2. The van der Waals surface area contributed by atoms with Gasteiger partial charge >= 0.3 is 12.0 Å². The van der Waals surface area contributed by atoms with Crippen molar-refractivity contribution < 1.29 is 14.7 Å². The van der Waals surface area contributed by atoms with E-state index < -0.39 is 5.97 Å². The van der Waals surface area contributed by atoms with Crippen molar-refractivity contribution in [2.24, 2.45) is 5.92 Å². The van der Waals surface area contributed by atoms with Gasteiger partial charge in [-0.1, -0.05) is 13.3 Å².